The molecule has 4 heteroatoms. The third kappa shape index (κ3) is 2.75. The maximum atomic E-state index is 9.09. The zero-order chi connectivity index (χ0) is 15.4. The van der Waals surface area contributed by atoms with Gasteiger partial charge in [0.1, 0.15) is 19.0 Å². The molecule has 0 spiro atoms. The highest BCUT2D eigenvalue weighted by atomic mass is 16.6. The Morgan fingerprint density at radius 1 is 1.05 bits per heavy atom. The van der Waals surface area contributed by atoms with E-state index in [0.717, 1.165) is 28.2 Å². The average molecular weight is 293 g/mol. The molecule has 110 valence electrons. The van der Waals surface area contributed by atoms with Gasteiger partial charge in [0.25, 0.3) is 0 Å². The summed E-state index contributed by atoms with van der Waals surface area (Å²) in [4.78, 5) is 0. The lowest BCUT2D eigenvalue weighted by atomic mass is 9.97. The smallest absolute Gasteiger partial charge is 0.161 e. The molecule has 2 aromatic carbocycles. The van der Waals surface area contributed by atoms with E-state index in [9.17, 15) is 0 Å². The van der Waals surface area contributed by atoms with E-state index in [1.807, 2.05) is 42.5 Å². The van der Waals surface area contributed by atoms with E-state index in [-0.39, 0.29) is 0 Å². The van der Waals surface area contributed by atoms with Crippen molar-refractivity contribution in [1.29, 1.82) is 5.26 Å². The summed E-state index contributed by atoms with van der Waals surface area (Å²) in [5.41, 5.74) is 2.69. The first-order valence-electron chi connectivity index (χ1n) is 6.96. The van der Waals surface area contributed by atoms with Crippen molar-refractivity contribution in [3.63, 3.8) is 0 Å². The van der Waals surface area contributed by atoms with Gasteiger partial charge >= 0.3 is 0 Å². The predicted octanol–water partition coefficient (Wildman–Crippen LogP) is 3.42. The van der Waals surface area contributed by atoms with Crippen LogP contribution in [0.15, 0.2) is 48.5 Å². The summed E-state index contributed by atoms with van der Waals surface area (Å²) < 4.78 is 16.3. The molecular weight excluding hydrogens is 278 g/mol. The van der Waals surface area contributed by atoms with E-state index in [2.05, 4.69) is 6.07 Å². The molecule has 0 radical (unpaired) electrons. The van der Waals surface area contributed by atoms with E-state index in [4.69, 9.17) is 19.5 Å². The Morgan fingerprint density at radius 3 is 2.41 bits per heavy atom. The summed E-state index contributed by atoms with van der Waals surface area (Å²) in [7, 11) is 1.63. The minimum atomic E-state index is 0.538. The number of hydrogen-bond donors (Lipinski definition) is 0. The van der Waals surface area contributed by atoms with Crippen LogP contribution in [0.3, 0.4) is 0 Å². The summed E-state index contributed by atoms with van der Waals surface area (Å²) >= 11 is 0. The van der Waals surface area contributed by atoms with Crippen LogP contribution in [0.4, 0.5) is 0 Å². The highest BCUT2D eigenvalue weighted by Crippen LogP contribution is 2.35. The lowest BCUT2D eigenvalue weighted by Gasteiger charge is -2.19. The van der Waals surface area contributed by atoms with E-state index in [1.54, 1.807) is 7.11 Å². The Bertz CT molecular complexity index is 742. The standard InChI is InChI=1S/C18H15NO3/c1-20-15-5-2-13(3-6-15)16(8-9-19)14-4-7-17-18(12-14)22-11-10-21-17/h2-8,12H,10-11H2,1H3. The SMILES string of the molecule is COc1ccc(C(=CC#N)c2ccc3c(c2)OCCO3)cc1. The number of nitriles is 1. The van der Waals surface area contributed by atoms with Crippen LogP contribution in [0.5, 0.6) is 17.2 Å². The number of nitrogens with zero attached hydrogens (tertiary/aromatic N) is 1. The van der Waals surface area contributed by atoms with Gasteiger partial charge in [0.2, 0.25) is 0 Å². The topological polar surface area (TPSA) is 51.5 Å². The second-order valence-electron chi connectivity index (χ2n) is 4.77. The number of fused-ring (bicyclic) bond motifs is 1. The van der Waals surface area contributed by atoms with Crippen LogP contribution in [-0.2, 0) is 0 Å². The van der Waals surface area contributed by atoms with Crippen LogP contribution in [-0.4, -0.2) is 20.3 Å². The van der Waals surface area contributed by atoms with Gasteiger partial charge in [0, 0.05) is 6.08 Å². The minimum Gasteiger partial charge on any atom is -0.497 e. The van der Waals surface area contributed by atoms with Crippen LogP contribution in [0, 0.1) is 11.3 Å². The maximum absolute atomic E-state index is 9.09. The van der Waals surface area contributed by atoms with Crippen molar-refractivity contribution in [2.45, 2.75) is 0 Å². The molecule has 0 aliphatic carbocycles. The molecule has 0 bridgehead atoms. The van der Waals surface area contributed by atoms with Crippen LogP contribution in [0.1, 0.15) is 11.1 Å². The predicted molar refractivity (Wildman–Crippen MR) is 83.1 cm³/mol. The summed E-state index contributed by atoms with van der Waals surface area (Å²) in [6, 6.07) is 15.4. The Morgan fingerprint density at radius 2 is 1.73 bits per heavy atom. The molecule has 2 aromatic rings. The van der Waals surface area contributed by atoms with Gasteiger partial charge in [-0.05, 0) is 41.0 Å². The largest absolute Gasteiger partial charge is 0.497 e. The zero-order valence-corrected chi connectivity index (χ0v) is 12.2. The van der Waals surface area contributed by atoms with E-state index >= 15 is 0 Å². The molecule has 0 fully saturated rings. The van der Waals surface area contributed by atoms with Gasteiger partial charge in [-0.25, -0.2) is 0 Å². The maximum Gasteiger partial charge on any atom is 0.161 e. The molecule has 1 heterocycles. The number of rotatable bonds is 3. The fourth-order valence-electron chi connectivity index (χ4n) is 2.38. The minimum absolute atomic E-state index is 0.538. The molecule has 3 rings (SSSR count). The molecule has 0 atom stereocenters. The van der Waals surface area contributed by atoms with Gasteiger partial charge in [0.05, 0.1) is 13.2 Å². The summed E-state index contributed by atoms with van der Waals surface area (Å²) in [6.07, 6.45) is 1.53. The first-order valence-corrected chi connectivity index (χ1v) is 6.96. The first-order chi connectivity index (χ1) is 10.8. The lowest BCUT2D eigenvalue weighted by Crippen LogP contribution is -2.15. The number of ether oxygens (including phenoxy) is 3. The third-order valence-electron chi connectivity index (χ3n) is 3.46. The third-order valence-corrected chi connectivity index (χ3v) is 3.46. The monoisotopic (exact) mass is 293 g/mol. The van der Waals surface area contributed by atoms with Crippen LogP contribution < -0.4 is 14.2 Å². The second-order valence-corrected chi connectivity index (χ2v) is 4.77. The molecule has 0 saturated heterocycles. The van der Waals surface area contributed by atoms with Gasteiger partial charge < -0.3 is 14.2 Å². The highest BCUT2D eigenvalue weighted by molar-refractivity contribution is 5.82. The van der Waals surface area contributed by atoms with Crippen molar-refractivity contribution in [3.05, 3.63) is 59.7 Å². The van der Waals surface area contributed by atoms with Gasteiger partial charge in [0.15, 0.2) is 11.5 Å². The Balaban J connectivity index is 2.01. The van der Waals surface area contributed by atoms with E-state index in [1.165, 1.54) is 6.08 Å². The summed E-state index contributed by atoms with van der Waals surface area (Å²) in [5, 5.41) is 9.09. The van der Waals surface area contributed by atoms with Crippen molar-refractivity contribution >= 4 is 5.57 Å². The molecule has 0 aromatic heterocycles. The fraction of sp³-hybridized carbons (Fsp3) is 0.167. The van der Waals surface area contributed by atoms with Crippen molar-refractivity contribution < 1.29 is 14.2 Å². The molecular formula is C18H15NO3. The van der Waals surface area contributed by atoms with Gasteiger partial charge in [-0.1, -0.05) is 18.2 Å². The number of allylic oxidation sites excluding steroid dienone is 1. The zero-order valence-electron chi connectivity index (χ0n) is 12.2. The van der Waals surface area contributed by atoms with Gasteiger partial charge in [-0.2, -0.15) is 5.26 Å². The molecule has 1 aliphatic heterocycles. The second kappa shape index (κ2) is 6.23. The fourth-order valence-corrected chi connectivity index (χ4v) is 2.38. The Kier molecular flexibility index (Phi) is 3.97. The molecule has 0 amide bonds. The highest BCUT2D eigenvalue weighted by Gasteiger charge is 2.14. The Labute approximate surface area is 129 Å². The normalized spacial score (nSPS) is 13.4. The van der Waals surface area contributed by atoms with E-state index < -0.39 is 0 Å². The van der Waals surface area contributed by atoms with Gasteiger partial charge in [-0.3, -0.25) is 0 Å². The number of hydrogen-bond acceptors (Lipinski definition) is 4. The Hall–Kier alpha value is -2.93. The number of methoxy groups -OCH3 is 1. The molecule has 0 saturated carbocycles. The number of benzene rings is 2. The van der Waals surface area contributed by atoms with Crippen LogP contribution in [0.25, 0.3) is 5.57 Å². The van der Waals surface area contributed by atoms with Crippen molar-refractivity contribution in [3.8, 4) is 23.3 Å². The van der Waals surface area contributed by atoms with Crippen molar-refractivity contribution in [1.82, 2.24) is 0 Å². The van der Waals surface area contributed by atoms with Gasteiger partial charge in [-0.15, -0.1) is 0 Å². The molecule has 4 nitrogen and oxygen atoms in total. The quantitative estimate of drug-likeness (QED) is 0.814. The van der Waals surface area contributed by atoms with Crippen LogP contribution >= 0.6 is 0 Å². The lowest BCUT2D eigenvalue weighted by molar-refractivity contribution is 0.171. The molecule has 0 N–H and O–H groups in total. The molecule has 22 heavy (non-hydrogen) atoms. The molecule has 0 unspecified atom stereocenters. The molecule has 1 aliphatic rings. The average Bonchev–Trinajstić information content (AvgIpc) is 2.59. The van der Waals surface area contributed by atoms with E-state index in [0.29, 0.717) is 19.0 Å². The first kappa shape index (κ1) is 14.0. The van der Waals surface area contributed by atoms with Crippen molar-refractivity contribution in [2.75, 3.05) is 20.3 Å². The van der Waals surface area contributed by atoms with Crippen LogP contribution in [0.2, 0.25) is 0 Å². The summed E-state index contributed by atoms with van der Waals surface area (Å²) in [6.45, 7) is 1.10. The summed E-state index contributed by atoms with van der Waals surface area (Å²) in [5.74, 6) is 2.23. The van der Waals surface area contributed by atoms with Crippen molar-refractivity contribution in [2.24, 2.45) is 0 Å².